The third-order valence-electron chi connectivity index (χ3n) is 10.6. The minimum absolute atomic E-state index is 0.00446. The average Bonchev–Trinajstić information content (AvgIpc) is 3.96. The zero-order valence-corrected chi connectivity index (χ0v) is 29.9. The van der Waals surface area contributed by atoms with Gasteiger partial charge in [0.1, 0.15) is 34.5 Å². The number of hydrogen-bond donors (Lipinski definition) is 2. The molecule has 2 aromatic carbocycles. The number of aliphatic hydroxyl groups is 2. The van der Waals surface area contributed by atoms with Gasteiger partial charge in [0.05, 0.1) is 43.8 Å². The van der Waals surface area contributed by atoms with Crippen molar-refractivity contribution in [2.75, 3.05) is 19.8 Å². The summed E-state index contributed by atoms with van der Waals surface area (Å²) in [6, 6.07) is 11.8. The van der Waals surface area contributed by atoms with Crippen LogP contribution in [0.15, 0.2) is 70.5 Å². The summed E-state index contributed by atoms with van der Waals surface area (Å²) < 4.78 is 46.2. The van der Waals surface area contributed by atoms with E-state index in [9.17, 15) is 28.6 Å². The number of rotatable bonds is 11. The first-order chi connectivity index (χ1) is 26.0. The Labute approximate surface area is 307 Å². The maximum Gasteiger partial charge on any atom is 0.296 e. The maximum atomic E-state index is 14.3. The van der Waals surface area contributed by atoms with Gasteiger partial charge in [-0.15, -0.1) is 20.4 Å². The SMILES string of the molecule is CCCc1nnc2c(=O)n(Cc3cccc(F)c3)c([C@]3(O)COC(C(CC)c4nnc5c(=O)n(Cc6cccc(F)c6)c([C@]6(O)CCOC6)cn45)C3)cn12. The predicted molar refractivity (Wildman–Crippen MR) is 190 cm³/mol. The van der Waals surface area contributed by atoms with Crippen molar-refractivity contribution < 1.29 is 28.5 Å². The Morgan fingerprint density at radius 1 is 0.833 bits per heavy atom. The Morgan fingerprint density at radius 2 is 1.44 bits per heavy atom. The molecule has 4 aromatic heterocycles. The van der Waals surface area contributed by atoms with Gasteiger partial charge in [-0.2, -0.15) is 0 Å². The first-order valence-corrected chi connectivity index (χ1v) is 18.1. The van der Waals surface area contributed by atoms with E-state index in [0.717, 1.165) is 6.42 Å². The standard InChI is InChI=1S/C38H40F2N8O6/c1-3-7-31-41-43-33-35(49)46(18-24-9-6-11-26(40)15-24)30(19-47(31)33)38(52)16-28(54-22-38)27(4-2)32-42-44-34-36(50)45(17-23-8-5-10-25(39)14-23)29(20-48(32)34)37(51)12-13-53-21-37/h5-6,8-11,14-15,19-20,27-28,51-52H,3-4,7,12-13,16-18,21-22H2,1-2H3/t27?,28?,37-,38+/m0/s1. The van der Waals surface area contributed by atoms with E-state index in [1.54, 1.807) is 45.5 Å². The Hall–Kier alpha value is -5.16. The molecule has 2 saturated heterocycles. The van der Waals surface area contributed by atoms with Crippen LogP contribution in [0.25, 0.3) is 11.3 Å². The second kappa shape index (κ2) is 13.9. The molecule has 0 spiro atoms. The first-order valence-electron chi connectivity index (χ1n) is 18.1. The first kappa shape index (κ1) is 35.8. The molecule has 2 aliphatic heterocycles. The van der Waals surface area contributed by atoms with Crippen molar-refractivity contribution >= 4 is 11.3 Å². The van der Waals surface area contributed by atoms with Crippen LogP contribution in [0.5, 0.6) is 0 Å². The highest BCUT2D eigenvalue weighted by molar-refractivity contribution is 5.40. The molecule has 14 nitrogen and oxygen atoms in total. The van der Waals surface area contributed by atoms with E-state index in [1.165, 1.54) is 33.4 Å². The summed E-state index contributed by atoms with van der Waals surface area (Å²) >= 11 is 0. The van der Waals surface area contributed by atoms with Gasteiger partial charge >= 0.3 is 0 Å². The third kappa shape index (κ3) is 6.22. The predicted octanol–water partition coefficient (Wildman–Crippen LogP) is 3.20. The summed E-state index contributed by atoms with van der Waals surface area (Å²) in [5.41, 5.74) is -2.53. The van der Waals surface area contributed by atoms with Crippen LogP contribution >= 0.6 is 0 Å². The second-order valence-corrected chi connectivity index (χ2v) is 14.3. The molecule has 16 heteroatoms. The number of fused-ring (bicyclic) bond motifs is 2. The van der Waals surface area contributed by atoms with Crippen LogP contribution in [-0.2, 0) is 40.2 Å². The van der Waals surface area contributed by atoms with Gasteiger partial charge in [0.2, 0.25) is 11.3 Å². The summed E-state index contributed by atoms with van der Waals surface area (Å²) in [5.74, 6) is -0.448. The van der Waals surface area contributed by atoms with Gasteiger partial charge in [0, 0.05) is 44.2 Å². The lowest BCUT2D eigenvalue weighted by molar-refractivity contribution is 0.00901. The fraction of sp³-hybridized carbons (Fsp3) is 0.421. The summed E-state index contributed by atoms with van der Waals surface area (Å²) in [4.78, 5) is 28.1. The number of aromatic nitrogens is 8. The van der Waals surface area contributed by atoms with Crippen molar-refractivity contribution in [3.8, 4) is 0 Å². The van der Waals surface area contributed by atoms with Crippen molar-refractivity contribution in [2.24, 2.45) is 0 Å². The topological polar surface area (TPSA) is 163 Å². The average molecular weight is 743 g/mol. The van der Waals surface area contributed by atoms with Crippen LogP contribution in [0.2, 0.25) is 0 Å². The van der Waals surface area contributed by atoms with Crippen molar-refractivity contribution in [3.63, 3.8) is 0 Å². The molecule has 6 aromatic rings. The highest BCUT2D eigenvalue weighted by Gasteiger charge is 2.47. The molecule has 2 aliphatic rings. The zero-order chi connectivity index (χ0) is 37.8. The minimum Gasteiger partial charge on any atom is -0.381 e. The number of aryl methyl sites for hydroxylation is 1. The van der Waals surface area contributed by atoms with Gasteiger partial charge in [0.15, 0.2) is 0 Å². The van der Waals surface area contributed by atoms with E-state index in [-0.39, 0.29) is 68.4 Å². The third-order valence-corrected chi connectivity index (χ3v) is 10.6. The fourth-order valence-electron chi connectivity index (χ4n) is 7.87. The van der Waals surface area contributed by atoms with Crippen LogP contribution in [-0.4, -0.2) is 74.5 Å². The molecular weight excluding hydrogens is 702 g/mol. The van der Waals surface area contributed by atoms with Gasteiger partial charge < -0.3 is 28.8 Å². The highest BCUT2D eigenvalue weighted by Crippen LogP contribution is 2.41. The van der Waals surface area contributed by atoms with Crippen LogP contribution in [0, 0.1) is 11.6 Å². The molecule has 8 rings (SSSR count). The van der Waals surface area contributed by atoms with Gasteiger partial charge in [-0.05, 0) is 48.2 Å². The van der Waals surface area contributed by atoms with E-state index < -0.39 is 46.0 Å². The van der Waals surface area contributed by atoms with E-state index in [1.807, 2.05) is 13.8 Å². The molecule has 4 atom stereocenters. The smallest absolute Gasteiger partial charge is 0.296 e. The number of halogens is 2. The Kier molecular flexibility index (Phi) is 9.24. The molecule has 0 bridgehead atoms. The van der Waals surface area contributed by atoms with E-state index in [4.69, 9.17) is 9.47 Å². The van der Waals surface area contributed by atoms with E-state index in [0.29, 0.717) is 35.6 Å². The van der Waals surface area contributed by atoms with Crippen LogP contribution in [0.4, 0.5) is 8.78 Å². The van der Waals surface area contributed by atoms with Crippen molar-refractivity contribution in [1.29, 1.82) is 0 Å². The Morgan fingerprint density at radius 3 is 2.04 bits per heavy atom. The second-order valence-electron chi connectivity index (χ2n) is 14.3. The van der Waals surface area contributed by atoms with E-state index in [2.05, 4.69) is 20.4 Å². The number of hydrogen-bond acceptors (Lipinski definition) is 10. The van der Waals surface area contributed by atoms with Crippen LogP contribution in [0.1, 0.15) is 79.6 Å². The molecular formula is C38H40F2N8O6. The summed E-state index contributed by atoms with van der Waals surface area (Å²) in [7, 11) is 0. The highest BCUT2D eigenvalue weighted by atomic mass is 19.1. The molecule has 6 heterocycles. The molecule has 54 heavy (non-hydrogen) atoms. The lowest BCUT2D eigenvalue weighted by Gasteiger charge is -2.27. The minimum atomic E-state index is -1.67. The van der Waals surface area contributed by atoms with Crippen molar-refractivity contribution in [2.45, 2.75) is 82.3 Å². The Balaban J connectivity index is 1.19. The molecule has 282 valence electrons. The van der Waals surface area contributed by atoms with Gasteiger partial charge in [-0.1, -0.05) is 38.1 Å². The summed E-state index contributed by atoms with van der Waals surface area (Å²) in [6.45, 7) is 3.94. The van der Waals surface area contributed by atoms with Gasteiger partial charge in [-0.25, -0.2) is 8.78 Å². The van der Waals surface area contributed by atoms with Gasteiger partial charge in [0.25, 0.3) is 11.1 Å². The molecule has 0 saturated carbocycles. The van der Waals surface area contributed by atoms with E-state index >= 15 is 0 Å². The number of benzene rings is 2. The molecule has 2 unspecified atom stereocenters. The zero-order valence-electron chi connectivity index (χ0n) is 29.9. The lowest BCUT2D eigenvalue weighted by Crippen LogP contribution is -2.38. The molecule has 2 N–H and O–H groups in total. The summed E-state index contributed by atoms with van der Waals surface area (Å²) in [6.07, 6.45) is 4.71. The molecule has 0 amide bonds. The summed E-state index contributed by atoms with van der Waals surface area (Å²) in [5, 5.41) is 41.3. The number of ether oxygens (including phenoxy) is 2. The monoisotopic (exact) mass is 742 g/mol. The largest absolute Gasteiger partial charge is 0.381 e. The van der Waals surface area contributed by atoms with Crippen molar-refractivity contribution in [3.05, 3.63) is 127 Å². The van der Waals surface area contributed by atoms with Crippen LogP contribution in [0.3, 0.4) is 0 Å². The van der Waals surface area contributed by atoms with Crippen molar-refractivity contribution in [1.82, 2.24) is 38.3 Å². The lowest BCUT2D eigenvalue weighted by atomic mass is 9.88. The maximum absolute atomic E-state index is 14.3. The molecule has 2 fully saturated rings. The Bertz CT molecular complexity index is 2490. The normalized spacial score (nSPS) is 22.1. The molecule has 0 radical (unpaired) electrons. The van der Waals surface area contributed by atoms with Crippen LogP contribution < -0.4 is 11.1 Å². The van der Waals surface area contributed by atoms with Gasteiger partial charge in [-0.3, -0.25) is 18.4 Å². The quantitative estimate of drug-likeness (QED) is 0.202. The number of nitrogens with zero attached hydrogens (tertiary/aromatic N) is 8. The fourth-order valence-corrected chi connectivity index (χ4v) is 7.87. The molecule has 0 aliphatic carbocycles.